The van der Waals surface area contributed by atoms with Gasteiger partial charge in [0.25, 0.3) is 0 Å². The summed E-state index contributed by atoms with van der Waals surface area (Å²) in [7, 11) is 0. The van der Waals surface area contributed by atoms with E-state index in [1.807, 2.05) is 0 Å². The maximum Gasteiger partial charge on any atom is 0.0648 e. The minimum atomic E-state index is -0.458. The summed E-state index contributed by atoms with van der Waals surface area (Å²) < 4.78 is 0. The van der Waals surface area contributed by atoms with Crippen LogP contribution in [0.5, 0.6) is 0 Å². The molecule has 0 saturated heterocycles. The summed E-state index contributed by atoms with van der Waals surface area (Å²) in [4.78, 5) is 0. The van der Waals surface area contributed by atoms with Crippen LogP contribution in [0.4, 0.5) is 0 Å². The molecule has 1 heteroatoms. The van der Waals surface area contributed by atoms with Crippen LogP contribution >= 0.6 is 0 Å². The summed E-state index contributed by atoms with van der Waals surface area (Å²) in [5.41, 5.74) is 5.67. The molecule has 0 aromatic heterocycles. The highest BCUT2D eigenvalue weighted by Gasteiger charge is 2.50. The number of benzene rings is 2. The average molecular weight is 349 g/mol. The second-order valence-electron chi connectivity index (χ2n) is 8.85. The van der Waals surface area contributed by atoms with E-state index in [4.69, 9.17) is 0 Å². The van der Waals surface area contributed by atoms with Crippen molar-refractivity contribution < 1.29 is 5.11 Å². The normalized spacial score (nSPS) is 31.0. The van der Waals surface area contributed by atoms with E-state index in [9.17, 15) is 5.11 Å². The summed E-state index contributed by atoms with van der Waals surface area (Å²) in [6.45, 7) is 4.36. The first-order valence-corrected chi connectivity index (χ1v) is 10.4. The van der Waals surface area contributed by atoms with E-state index in [-0.39, 0.29) is 5.41 Å². The van der Waals surface area contributed by atoms with E-state index in [2.05, 4.69) is 62.4 Å². The highest BCUT2D eigenvalue weighted by atomic mass is 16.3. The second-order valence-corrected chi connectivity index (χ2v) is 8.85. The Kier molecular flexibility index (Phi) is 4.69. The standard InChI is InChI=1S/C25H32O/c1-3-24(26)14-15-25(17-20-8-5-4-6-9-20)22(18-24)11-7-10-21-16-19(2)12-13-23(21)25/h4-6,8-9,12-13,16,22,26H,3,7,10-11,14-15,17-18H2,1-2H3/t22-,24+,25-/m0/s1. The van der Waals surface area contributed by atoms with Crippen molar-refractivity contribution in [2.24, 2.45) is 5.92 Å². The molecule has 1 N–H and O–H groups in total. The zero-order valence-corrected chi connectivity index (χ0v) is 16.3. The largest absolute Gasteiger partial charge is 0.390 e. The third-order valence-electron chi connectivity index (χ3n) is 7.26. The monoisotopic (exact) mass is 348 g/mol. The van der Waals surface area contributed by atoms with Crippen LogP contribution in [-0.4, -0.2) is 10.7 Å². The highest BCUT2D eigenvalue weighted by molar-refractivity contribution is 5.41. The minimum Gasteiger partial charge on any atom is -0.390 e. The molecule has 0 spiro atoms. The smallest absolute Gasteiger partial charge is 0.0648 e. The molecular weight excluding hydrogens is 316 g/mol. The molecule has 2 aromatic rings. The van der Waals surface area contributed by atoms with Gasteiger partial charge in [0.15, 0.2) is 0 Å². The Labute approximate surface area is 158 Å². The molecule has 2 aliphatic rings. The fraction of sp³-hybridized carbons (Fsp3) is 0.520. The molecule has 26 heavy (non-hydrogen) atoms. The summed E-state index contributed by atoms with van der Waals surface area (Å²) in [5, 5.41) is 11.1. The number of hydrogen-bond acceptors (Lipinski definition) is 1. The molecule has 0 aliphatic heterocycles. The SMILES string of the molecule is CC[C@@]1(O)CC[C@@]2(Cc3ccccc3)c3ccc(C)cc3CCC[C@H]2C1. The van der Waals surface area contributed by atoms with E-state index in [0.29, 0.717) is 5.92 Å². The van der Waals surface area contributed by atoms with Crippen molar-refractivity contribution in [1.82, 2.24) is 0 Å². The summed E-state index contributed by atoms with van der Waals surface area (Å²) in [6.07, 6.45) is 8.66. The average Bonchev–Trinajstić information content (AvgIpc) is 2.79. The van der Waals surface area contributed by atoms with Crippen molar-refractivity contribution in [3.05, 3.63) is 70.8 Å². The van der Waals surface area contributed by atoms with Gasteiger partial charge >= 0.3 is 0 Å². The molecule has 138 valence electrons. The van der Waals surface area contributed by atoms with Gasteiger partial charge in [-0.05, 0) is 80.9 Å². The lowest BCUT2D eigenvalue weighted by Gasteiger charge is -2.50. The Morgan fingerprint density at radius 3 is 2.65 bits per heavy atom. The van der Waals surface area contributed by atoms with Gasteiger partial charge in [0.05, 0.1) is 5.60 Å². The van der Waals surface area contributed by atoms with E-state index in [0.717, 1.165) is 32.1 Å². The van der Waals surface area contributed by atoms with Crippen LogP contribution in [0.2, 0.25) is 0 Å². The van der Waals surface area contributed by atoms with E-state index in [1.54, 1.807) is 11.1 Å². The predicted molar refractivity (Wildman–Crippen MR) is 109 cm³/mol. The topological polar surface area (TPSA) is 20.2 Å². The lowest BCUT2D eigenvalue weighted by molar-refractivity contribution is -0.0497. The van der Waals surface area contributed by atoms with Crippen LogP contribution < -0.4 is 0 Å². The van der Waals surface area contributed by atoms with Crippen molar-refractivity contribution >= 4 is 0 Å². The van der Waals surface area contributed by atoms with Crippen LogP contribution in [0.15, 0.2) is 48.5 Å². The zero-order valence-electron chi connectivity index (χ0n) is 16.3. The molecule has 0 unspecified atom stereocenters. The van der Waals surface area contributed by atoms with Gasteiger partial charge in [-0.1, -0.05) is 61.0 Å². The number of fused-ring (bicyclic) bond motifs is 3. The van der Waals surface area contributed by atoms with Crippen LogP contribution in [0.25, 0.3) is 0 Å². The molecule has 4 rings (SSSR count). The maximum absolute atomic E-state index is 11.1. The summed E-state index contributed by atoms with van der Waals surface area (Å²) >= 11 is 0. The molecule has 0 heterocycles. The van der Waals surface area contributed by atoms with E-state index in [1.165, 1.54) is 30.4 Å². The van der Waals surface area contributed by atoms with Crippen LogP contribution in [0.3, 0.4) is 0 Å². The molecule has 2 aliphatic carbocycles. The lowest BCUT2D eigenvalue weighted by atomic mass is 9.55. The van der Waals surface area contributed by atoms with Crippen LogP contribution in [0.1, 0.15) is 67.7 Å². The van der Waals surface area contributed by atoms with Crippen molar-refractivity contribution in [2.45, 2.75) is 76.2 Å². The maximum atomic E-state index is 11.1. The molecule has 3 atom stereocenters. The highest BCUT2D eigenvalue weighted by Crippen LogP contribution is 2.54. The van der Waals surface area contributed by atoms with E-state index >= 15 is 0 Å². The second kappa shape index (κ2) is 6.85. The molecular formula is C25H32O. The van der Waals surface area contributed by atoms with Crippen molar-refractivity contribution in [3.8, 4) is 0 Å². The number of rotatable bonds is 3. The zero-order chi connectivity index (χ0) is 18.2. The Morgan fingerprint density at radius 1 is 1.08 bits per heavy atom. The molecule has 0 radical (unpaired) electrons. The van der Waals surface area contributed by atoms with Crippen molar-refractivity contribution in [1.29, 1.82) is 0 Å². The van der Waals surface area contributed by atoms with Gasteiger partial charge in [0.2, 0.25) is 0 Å². The van der Waals surface area contributed by atoms with Gasteiger partial charge in [-0.3, -0.25) is 0 Å². The minimum absolute atomic E-state index is 0.183. The molecule has 0 amide bonds. The first-order valence-electron chi connectivity index (χ1n) is 10.4. The molecule has 1 saturated carbocycles. The van der Waals surface area contributed by atoms with Gasteiger partial charge < -0.3 is 5.11 Å². The first-order chi connectivity index (χ1) is 12.5. The Morgan fingerprint density at radius 2 is 1.88 bits per heavy atom. The van der Waals surface area contributed by atoms with Gasteiger partial charge in [0, 0.05) is 5.41 Å². The first kappa shape index (κ1) is 17.8. The van der Waals surface area contributed by atoms with Crippen molar-refractivity contribution in [3.63, 3.8) is 0 Å². The third-order valence-corrected chi connectivity index (χ3v) is 7.26. The Balaban J connectivity index is 1.82. The number of aliphatic hydroxyl groups is 1. The number of aryl methyl sites for hydroxylation is 2. The Hall–Kier alpha value is -1.60. The molecule has 1 nitrogen and oxygen atoms in total. The van der Waals surface area contributed by atoms with Crippen LogP contribution in [0, 0.1) is 12.8 Å². The van der Waals surface area contributed by atoms with Crippen molar-refractivity contribution in [2.75, 3.05) is 0 Å². The number of hydrogen-bond donors (Lipinski definition) is 1. The van der Waals surface area contributed by atoms with Gasteiger partial charge in [-0.2, -0.15) is 0 Å². The molecule has 1 fully saturated rings. The fourth-order valence-corrected chi connectivity index (χ4v) is 5.71. The quantitative estimate of drug-likeness (QED) is 0.748. The third kappa shape index (κ3) is 3.11. The Bertz CT molecular complexity index is 765. The van der Waals surface area contributed by atoms with E-state index < -0.39 is 5.60 Å². The fourth-order valence-electron chi connectivity index (χ4n) is 5.71. The van der Waals surface area contributed by atoms with Gasteiger partial charge in [-0.15, -0.1) is 0 Å². The van der Waals surface area contributed by atoms with Crippen LogP contribution in [-0.2, 0) is 18.3 Å². The summed E-state index contributed by atoms with van der Waals surface area (Å²) in [6, 6.07) is 18.1. The molecule has 2 aromatic carbocycles. The predicted octanol–water partition coefficient (Wildman–Crippen LogP) is 5.75. The van der Waals surface area contributed by atoms with Gasteiger partial charge in [-0.25, -0.2) is 0 Å². The van der Waals surface area contributed by atoms with Gasteiger partial charge in [0.1, 0.15) is 0 Å². The summed E-state index contributed by atoms with van der Waals surface area (Å²) in [5.74, 6) is 0.574. The molecule has 0 bridgehead atoms. The lowest BCUT2D eigenvalue weighted by Crippen LogP contribution is -2.48.